The molecule has 0 aromatic heterocycles. The Morgan fingerprint density at radius 3 is 2.19 bits per heavy atom. The number of carbonyl (C=O) groups excluding carboxylic acids is 2. The first-order chi connectivity index (χ1) is 12.8. The number of anilines is 2. The third kappa shape index (κ3) is 4.24. The molecule has 2 aromatic rings. The average molecular weight is 374 g/mol. The van der Waals surface area contributed by atoms with Crippen molar-refractivity contribution < 1.29 is 23.1 Å². The van der Waals surface area contributed by atoms with E-state index in [1.54, 1.807) is 24.3 Å². The van der Waals surface area contributed by atoms with Crippen LogP contribution in [0.2, 0.25) is 0 Å². The van der Waals surface area contributed by atoms with Crippen molar-refractivity contribution in [2.75, 3.05) is 10.6 Å². The van der Waals surface area contributed by atoms with Gasteiger partial charge in [-0.15, -0.1) is 0 Å². The number of benzene rings is 2. The fraction of sp³-hybridized carbons (Fsp3) is 0.300. The van der Waals surface area contributed by atoms with E-state index in [0.717, 1.165) is 12.1 Å². The topological polar surface area (TPSA) is 67.4 Å². The fourth-order valence-corrected chi connectivity index (χ4v) is 2.65. The van der Waals surface area contributed by atoms with Gasteiger partial charge in [0.15, 0.2) is 0 Å². The van der Waals surface area contributed by atoms with Gasteiger partial charge in [-0.1, -0.05) is 0 Å². The molecule has 2 N–H and O–H groups in total. The van der Waals surface area contributed by atoms with Gasteiger partial charge in [-0.3, -0.25) is 9.59 Å². The summed E-state index contributed by atoms with van der Waals surface area (Å²) in [5.74, 6) is -2.02. The van der Waals surface area contributed by atoms with Crippen LogP contribution in [0.5, 0.6) is 5.75 Å². The van der Waals surface area contributed by atoms with E-state index < -0.39 is 28.9 Å². The number of carbonyl (C=O) groups is 2. The summed E-state index contributed by atoms with van der Waals surface area (Å²) in [6.07, 6.45) is 0.764. The Hall–Kier alpha value is -2.96. The number of hydrogen-bond acceptors (Lipinski definition) is 3. The van der Waals surface area contributed by atoms with Gasteiger partial charge in [0.1, 0.15) is 22.8 Å². The SMILES string of the molecule is CC(C)Oc1ccc(NC(=O)C2(C(=O)Nc3ccc(F)cc3F)CC2)cc1. The second-order valence-electron chi connectivity index (χ2n) is 6.81. The smallest absolute Gasteiger partial charge is 0.240 e. The van der Waals surface area contributed by atoms with E-state index in [1.807, 2.05) is 13.8 Å². The van der Waals surface area contributed by atoms with Gasteiger partial charge >= 0.3 is 0 Å². The molecule has 27 heavy (non-hydrogen) atoms. The summed E-state index contributed by atoms with van der Waals surface area (Å²) in [5.41, 5.74) is -0.868. The normalized spacial score (nSPS) is 14.6. The first-order valence-corrected chi connectivity index (χ1v) is 8.65. The summed E-state index contributed by atoms with van der Waals surface area (Å²) in [5, 5.41) is 5.08. The Kier molecular flexibility index (Phi) is 5.12. The minimum atomic E-state index is -1.24. The van der Waals surface area contributed by atoms with Gasteiger partial charge in [0.25, 0.3) is 0 Å². The molecular formula is C20H20F2N2O3. The zero-order valence-electron chi connectivity index (χ0n) is 15.0. The van der Waals surface area contributed by atoms with E-state index in [9.17, 15) is 18.4 Å². The van der Waals surface area contributed by atoms with E-state index in [-0.39, 0.29) is 11.8 Å². The van der Waals surface area contributed by atoms with Crippen LogP contribution in [0.15, 0.2) is 42.5 Å². The third-order valence-electron chi connectivity index (χ3n) is 4.28. The lowest BCUT2D eigenvalue weighted by molar-refractivity contribution is -0.131. The Bertz CT molecular complexity index is 862. The molecule has 2 aromatic carbocycles. The largest absolute Gasteiger partial charge is 0.491 e. The standard InChI is InChI=1S/C20H20F2N2O3/c1-12(2)27-15-6-4-14(5-7-15)23-18(25)20(9-10-20)19(26)24-17-8-3-13(21)11-16(17)22/h3-8,11-12H,9-10H2,1-2H3,(H,23,25)(H,24,26). The van der Waals surface area contributed by atoms with Gasteiger partial charge in [0.2, 0.25) is 11.8 Å². The molecule has 0 heterocycles. The molecule has 0 aliphatic heterocycles. The zero-order valence-corrected chi connectivity index (χ0v) is 15.0. The van der Waals surface area contributed by atoms with Crippen LogP contribution in [-0.4, -0.2) is 17.9 Å². The van der Waals surface area contributed by atoms with Crippen LogP contribution in [0, 0.1) is 17.0 Å². The molecule has 2 amide bonds. The van der Waals surface area contributed by atoms with Gasteiger partial charge in [-0.25, -0.2) is 8.78 Å². The highest BCUT2D eigenvalue weighted by atomic mass is 19.1. The molecule has 0 unspecified atom stereocenters. The highest BCUT2D eigenvalue weighted by Gasteiger charge is 2.56. The molecule has 1 fully saturated rings. The molecule has 1 aliphatic carbocycles. The van der Waals surface area contributed by atoms with Crippen LogP contribution >= 0.6 is 0 Å². The Morgan fingerprint density at radius 2 is 1.63 bits per heavy atom. The van der Waals surface area contributed by atoms with Crippen molar-refractivity contribution in [2.24, 2.45) is 5.41 Å². The van der Waals surface area contributed by atoms with E-state index in [1.165, 1.54) is 0 Å². The molecule has 3 rings (SSSR count). The predicted molar refractivity (Wildman–Crippen MR) is 97.5 cm³/mol. The van der Waals surface area contributed by atoms with Crippen molar-refractivity contribution in [3.05, 3.63) is 54.1 Å². The van der Waals surface area contributed by atoms with Crippen LogP contribution in [0.25, 0.3) is 0 Å². The Balaban J connectivity index is 1.66. The summed E-state index contributed by atoms with van der Waals surface area (Å²) in [6, 6.07) is 9.66. The van der Waals surface area contributed by atoms with E-state index in [4.69, 9.17) is 4.74 Å². The maximum atomic E-state index is 13.7. The van der Waals surface area contributed by atoms with Crippen molar-refractivity contribution in [3.63, 3.8) is 0 Å². The van der Waals surface area contributed by atoms with E-state index in [2.05, 4.69) is 10.6 Å². The van der Waals surface area contributed by atoms with Crippen molar-refractivity contribution >= 4 is 23.2 Å². The number of hydrogen-bond donors (Lipinski definition) is 2. The molecule has 0 atom stereocenters. The summed E-state index contributed by atoms with van der Waals surface area (Å²) in [7, 11) is 0. The second-order valence-corrected chi connectivity index (χ2v) is 6.81. The number of nitrogens with one attached hydrogen (secondary N) is 2. The number of rotatable bonds is 6. The summed E-state index contributed by atoms with van der Waals surface area (Å²) in [4.78, 5) is 25.1. The van der Waals surface area contributed by atoms with Crippen molar-refractivity contribution in [1.29, 1.82) is 0 Å². The van der Waals surface area contributed by atoms with Crippen LogP contribution in [-0.2, 0) is 9.59 Å². The molecule has 5 nitrogen and oxygen atoms in total. The van der Waals surface area contributed by atoms with Gasteiger partial charge in [0.05, 0.1) is 11.8 Å². The van der Waals surface area contributed by atoms with Crippen LogP contribution in [0.1, 0.15) is 26.7 Å². The lowest BCUT2D eigenvalue weighted by Crippen LogP contribution is -2.35. The van der Waals surface area contributed by atoms with E-state index in [0.29, 0.717) is 30.3 Å². The van der Waals surface area contributed by atoms with E-state index >= 15 is 0 Å². The second kappa shape index (κ2) is 7.34. The van der Waals surface area contributed by atoms with Crippen LogP contribution in [0.3, 0.4) is 0 Å². The average Bonchev–Trinajstić information content (AvgIpc) is 3.40. The minimum Gasteiger partial charge on any atom is -0.491 e. The number of ether oxygens (including phenoxy) is 1. The van der Waals surface area contributed by atoms with Gasteiger partial charge < -0.3 is 15.4 Å². The Labute approximate surface area is 155 Å². The van der Waals surface area contributed by atoms with Crippen LogP contribution < -0.4 is 15.4 Å². The molecule has 0 spiro atoms. The molecule has 142 valence electrons. The van der Waals surface area contributed by atoms with Crippen molar-refractivity contribution in [1.82, 2.24) is 0 Å². The molecule has 0 bridgehead atoms. The van der Waals surface area contributed by atoms with Crippen molar-refractivity contribution in [3.8, 4) is 5.75 Å². The lowest BCUT2D eigenvalue weighted by atomic mass is 10.0. The summed E-state index contributed by atoms with van der Waals surface area (Å²) < 4.78 is 32.2. The van der Waals surface area contributed by atoms with Gasteiger partial charge in [-0.05, 0) is 63.1 Å². The lowest BCUT2D eigenvalue weighted by Gasteiger charge is -2.16. The van der Waals surface area contributed by atoms with Crippen molar-refractivity contribution in [2.45, 2.75) is 32.8 Å². The summed E-state index contributed by atoms with van der Waals surface area (Å²) in [6.45, 7) is 3.82. The number of halogens is 2. The fourth-order valence-electron chi connectivity index (χ4n) is 2.65. The maximum Gasteiger partial charge on any atom is 0.240 e. The Morgan fingerprint density at radius 1 is 1.00 bits per heavy atom. The molecule has 0 radical (unpaired) electrons. The third-order valence-corrected chi connectivity index (χ3v) is 4.28. The minimum absolute atomic E-state index is 0.0377. The number of amides is 2. The molecule has 0 saturated heterocycles. The molecule has 1 saturated carbocycles. The van der Waals surface area contributed by atoms with Gasteiger partial charge in [-0.2, -0.15) is 0 Å². The first kappa shape index (κ1) is 18.8. The first-order valence-electron chi connectivity index (χ1n) is 8.65. The van der Waals surface area contributed by atoms with Gasteiger partial charge in [0, 0.05) is 11.8 Å². The maximum absolute atomic E-state index is 13.7. The molecule has 7 heteroatoms. The highest BCUT2D eigenvalue weighted by molar-refractivity contribution is 6.16. The molecule has 1 aliphatic rings. The zero-order chi connectivity index (χ0) is 19.6. The summed E-state index contributed by atoms with van der Waals surface area (Å²) >= 11 is 0. The predicted octanol–water partition coefficient (Wildman–Crippen LogP) is 4.11. The quantitative estimate of drug-likeness (QED) is 0.748. The highest BCUT2D eigenvalue weighted by Crippen LogP contribution is 2.47. The molecular weight excluding hydrogens is 354 g/mol. The monoisotopic (exact) mass is 374 g/mol. The van der Waals surface area contributed by atoms with Crippen LogP contribution in [0.4, 0.5) is 20.2 Å².